The molecule has 2 N–H and O–H groups in total. The summed E-state index contributed by atoms with van der Waals surface area (Å²) in [5.41, 5.74) is -1.15. The van der Waals surface area contributed by atoms with E-state index in [4.69, 9.17) is 36.0 Å². The number of nitrogens with one attached hydrogen (secondary N) is 2. The molecule has 4 atom stereocenters. The maximum absolute atomic E-state index is 12.6. The number of carbonyl (C=O) groups excluding carboxylic acids is 4. The van der Waals surface area contributed by atoms with E-state index in [2.05, 4.69) is 10.6 Å². The molecule has 4 fully saturated rings. The van der Waals surface area contributed by atoms with Gasteiger partial charge in [-0.25, -0.2) is 9.59 Å². The summed E-state index contributed by atoms with van der Waals surface area (Å²) >= 11 is 0. The van der Waals surface area contributed by atoms with E-state index >= 15 is 0 Å². The molecule has 0 aromatic carbocycles. The zero-order chi connectivity index (χ0) is 41.0. The lowest BCUT2D eigenvalue weighted by Gasteiger charge is -2.29. The molecule has 4 rings (SSSR count). The Labute approximate surface area is 357 Å². The van der Waals surface area contributed by atoms with Crippen molar-refractivity contribution in [2.75, 3.05) is 46.0 Å². The predicted octanol–water partition coefficient (Wildman–Crippen LogP) is 5.22. The molecule has 4 amide bonds. The van der Waals surface area contributed by atoms with Gasteiger partial charge in [-0.15, -0.1) is 0 Å². The third kappa shape index (κ3) is 16.4. The van der Waals surface area contributed by atoms with Crippen LogP contribution in [0.3, 0.4) is 0 Å². The van der Waals surface area contributed by atoms with E-state index in [9.17, 15) is 19.2 Å². The second kappa shape index (κ2) is 24.0. The van der Waals surface area contributed by atoms with E-state index in [-0.39, 0.29) is 57.1 Å². The molecule has 0 aromatic heterocycles. The van der Waals surface area contributed by atoms with Crippen LogP contribution in [0, 0.1) is 0 Å². The van der Waals surface area contributed by atoms with Crippen LogP contribution < -0.4 is 10.6 Å². The van der Waals surface area contributed by atoms with Crippen molar-refractivity contribution in [2.45, 2.75) is 168 Å². The molecule has 4 saturated heterocycles. The van der Waals surface area contributed by atoms with Crippen molar-refractivity contribution in [3.63, 3.8) is 0 Å². The van der Waals surface area contributed by atoms with Crippen molar-refractivity contribution < 1.29 is 55.2 Å². The largest absolute Gasteiger partial charge is 0.502 e. The lowest BCUT2D eigenvalue weighted by Crippen LogP contribution is -2.48. The first-order chi connectivity index (χ1) is 25.8. The normalized spacial score (nSPS) is 25.5. The highest BCUT2D eigenvalue weighted by molar-refractivity contribution is 7.59. The average molecular weight is 887 g/mol. The van der Waals surface area contributed by atoms with Crippen LogP contribution in [0.2, 0.25) is 12.1 Å². The highest BCUT2D eigenvalue weighted by atomic mass is 32.1. The van der Waals surface area contributed by atoms with Gasteiger partial charge in [0.25, 0.3) is 0 Å². The minimum Gasteiger partial charge on any atom is -0.444 e. The molecule has 20 heteroatoms. The number of rotatable bonds is 16. The van der Waals surface area contributed by atoms with Crippen LogP contribution >= 0.6 is 27.0 Å². The molecule has 0 aromatic rings. The molecule has 4 aliphatic heterocycles. The Balaban J connectivity index is 0.000000551. The van der Waals surface area contributed by atoms with Crippen molar-refractivity contribution in [3.05, 3.63) is 0 Å². The summed E-state index contributed by atoms with van der Waals surface area (Å²) in [5.74, 6) is -0.266. The predicted molar refractivity (Wildman–Crippen MR) is 230 cm³/mol. The summed E-state index contributed by atoms with van der Waals surface area (Å²) in [5, 5.41) is 5.88. The van der Waals surface area contributed by atoms with Gasteiger partial charge in [0.05, 0.1) is 18.3 Å². The van der Waals surface area contributed by atoms with Gasteiger partial charge in [-0.05, 0) is 115 Å². The van der Waals surface area contributed by atoms with Gasteiger partial charge in [0, 0.05) is 58.1 Å². The molecule has 2 bridgehead atoms. The molecule has 0 saturated carbocycles. The van der Waals surface area contributed by atoms with Crippen LogP contribution in [0.1, 0.15) is 115 Å². The summed E-state index contributed by atoms with van der Waals surface area (Å²) in [4.78, 5) is 52.8. The molecular weight excluding hydrogens is 813 g/mol. The van der Waals surface area contributed by atoms with E-state index in [0.29, 0.717) is 77.4 Å². The summed E-state index contributed by atoms with van der Waals surface area (Å²) in [7, 11) is -5.25. The quantitative estimate of drug-likeness (QED) is 0.153. The average Bonchev–Trinajstić information content (AvgIpc) is 3.88. The number of likely N-dealkylation sites (tertiary alicyclic amines) is 2. The van der Waals surface area contributed by atoms with Crippen molar-refractivity contribution in [1.82, 2.24) is 20.4 Å². The van der Waals surface area contributed by atoms with E-state index < -0.39 is 53.1 Å². The summed E-state index contributed by atoms with van der Waals surface area (Å²) in [6.45, 7) is 24.4. The van der Waals surface area contributed by atoms with Gasteiger partial charge in [-0.1, -0.05) is 0 Å². The number of fused-ring (bicyclic) bond motifs is 2. The maximum Gasteiger partial charge on any atom is 0.502 e. The fourth-order valence-electron chi connectivity index (χ4n) is 7.17. The fourth-order valence-corrected chi connectivity index (χ4v) is 13.1. The van der Waals surface area contributed by atoms with Crippen LogP contribution in [0.5, 0.6) is 0 Å². The number of hydrogen-bond donors (Lipinski definition) is 2. The van der Waals surface area contributed by atoms with Gasteiger partial charge in [0.2, 0.25) is 11.8 Å². The van der Waals surface area contributed by atoms with Crippen molar-refractivity contribution in [2.24, 2.45) is 0 Å². The van der Waals surface area contributed by atoms with Gasteiger partial charge >= 0.3 is 29.8 Å². The van der Waals surface area contributed by atoms with Crippen LogP contribution in [0.15, 0.2) is 0 Å². The zero-order valence-corrected chi connectivity index (χ0v) is 40.3. The molecule has 0 spiro atoms. The van der Waals surface area contributed by atoms with Crippen LogP contribution in [0.4, 0.5) is 9.59 Å². The van der Waals surface area contributed by atoms with Crippen molar-refractivity contribution >= 4 is 68.6 Å². The molecule has 57 heavy (non-hydrogen) atoms. The molecule has 0 radical (unpaired) electrons. The molecule has 4 heterocycles. The Bertz CT molecular complexity index is 1250. The number of ether oxygens (including phenoxy) is 2. The zero-order valence-electron chi connectivity index (χ0n) is 36.3. The Hall–Kier alpha value is -1.63. The van der Waals surface area contributed by atoms with E-state index in [1.165, 1.54) is 9.80 Å². The first-order valence-electron chi connectivity index (χ1n) is 20.3. The van der Waals surface area contributed by atoms with E-state index in [1.807, 2.05) is 76.2 Å². The van der Waals surface area contributed by atoms with Gasteiger partial charge < -0.3 is 46.7 Å². The molecular formula is C37H74N4O12S2Si2. The summed E-state index contributed by atoms with van der Waals surface area (Å²) < 4.78 is 46.2. The first kappa shape index (κ1) is 53.4. The Morgan fingerprint density at radius 1 is 0.684 bits per heavy atom. The maximum atomic E-state index is 12.6. The summed E-state index contributed by atoms with van der Waals surface area (Å²) in [6.07, 6.45) is 3.68. The first-order valence-corrected chi connectivity index (χ1v) is 24.1. The third-order valence-electron chi connectivity index (χ3n) is 9.35. The van der Waals surface area contributed by atoms with Gasteiger partial charge in [-0.2, -0.15) is 27.0 Å². The minimum atomic E-state index is -2.69. The molecule has 4 aliphatic rings. The summed E-state index contributed by atoms with van der Waals surface area (Å²) in [6, 6.07) is 0.409. The molecule has 16 nitrogen and oxygen atoms in total. The minimum absolute atomic E-state index is 0. The number of hydrogen-bond acceptors (Lipinski definition) is 12. The highest BCUT2D eigenvalue weighted by Gasteiger charge is 2.60. The smallest absolute Gasteiger partial charge is 0.444 e. The second-order valence-corrected chi connectivity index (χ2v) is 21.7. The standard InChI is InChI=1S/C19H38N2O6Si.C18H32N2O6Si.2H2S/c1-7-24-28(25-8-2,26-9-3)15-11-13-20-17(22)16-12-10-14-21(16)18(23)27-19(4,5)6;1-12-15-13(2)25-27(24-12,26-15)11-7-9-19-16(21)14-8-6-10-20(14)17(22)23-18(3,4)5;;/h16H,7-15H2,1-6H3,(H,20,22);12-15H,6-11H2,1-5H3,(H,19,21);2*1H2/t16-;12?,13?,14-,15?,27?;;/m00../s1. The lowest BCUT2D eigenvalue weighted by molar-refractivity contribution is -0.126. The van der Waals surface area contributed by atoms with Crippen LogP contribution in [-0.2, 0) is 45.6 Å². The van der Waals surface area contributed by atoms with Gasteiger partial charge in [0.1, 0.15) is 23.3 Å². The van der Waals surface area contributed by atoms with Gasteiger partial charge in [0.15, 0.2) is 0 Å². The number of amides is 4. The van der Waals surface area contributed by atoms with Gasteiger partial charge in [-0.3, -0.25) is 19.4 Å². The van der Waals surface area contributed by atoms with Crippen molar-refractivity contribution in [1.29, 1.82) is 0 Å². The monoisotopic (exact) mass is 886 g/mol. The number of carbonyl (C=O) groups is 4. The van der Waals surface area contributed by atoms with Crippen LogP contribution in [-0.4, -0.2) is 139 Å². The fraction of sp³-hybridized carbons (Fsp3) is 0.892. The molecule has 0 aliphatic carbocycles. The van der Waals surface area contributed by atoms with E-state index in [1.54, 1.807) is 0 Å². The molecule has 334 valence electrons. The highest BCUT2D eigenvalue weighted by Crippen LogP contribution is 2.40. The van der Waals surface area contributed by atoms with Crippen molar-refractivity contribution in [3.8, 4) is 0 Å². The SMILES string of the molecule is CC1O[Si]2(CCCNC(=O)[C@@H]3CCCN3C(=O)OC(C)(C)C)OC(C)C1O2.CCO[Si](CCCNC(=O)[C@@H]1CCCN1C(=O)OC(C)(C)C)(OCC)OCC.S.S. The third-order valence-corrected chi connectivity index (χ3v) is 15.6. The van der Waals surface area contributed by atoms with Crippen LogP contribution in [0.25, 0.3) is 0 Å². The Kier molecular flexibility index (Phi) is 22.5. The molecule has 2 unspecified atom stereocenters. The second-order valence-electron chi connectivity index (χ2n) is 16.3. The Morgan fingerprint density at radius 2 is 1.09 bits per heavy atom. The van der Waals surface area contributed by atoms with E-state index in [0.717, 1.165) is 19.3 Å². The topological polar surface area (TPSA) is 173 Å². The number of nitrogens with zero attached hydrogens (tertiary/aromatic N) is 2. The lowest BCUT2D eigenvalue weighted by atomic mass is 10.1. The Morgan fingerprint density at radius 3 is 1.46 bits per heavy atom.